The monoisotopic (exact) mass is 791 g/mol. The smallest absolute Gasteiger partial charge is 0.311 e. The second-order valence-electron chi connectivity index (χ2n) is 17.8. The number of hydrogen-bond acceptors (Lipinski definition) is 12. The Hall–Kier alpha value is -3.64. The molecular weight excluding hydrogens is 732 g/mol. The van der Waals surface area contributed by atoms with E-state index in [0.29, 0.717) is 10.9 Å². The van der Waals surface area contributed by atoms with Crippen LogP contribution in [0.5, 0.6) is 0 Å². The second-order valence-corrected chi connectivity index (χ2v) is 20.3. The summed E-state index contributed by atoms with van der Waals surface area (Å²) in [5.41, 5.74) is -3.82. The summed E-state index contributed by atoms with van der Waals surface area (Å²) in [7, 11) is -4.02. The number of rotatable bonds is 12. The molecular formula is C41H59FNO11P. The van der Waals surface area contributed by atoms with Crippen molar-refractivity contribution in [1.29, 1.82) is 0 Å². The Balaban J connectivity index is 2.36. The van der Waals surface area contributed by atoms with Gasteiger partial charge in [0.1, 0.15) is 24.3 Å². The summed E-state index contributed by atoms with van der Waals surface area (Å²) < 4.78 is 66.4. The Labute approximate surface area is 324 Å². The molecule has 0 amide bonds. The Morgan fingerprint density at radius 1 is 0.691 bits per heavy atom. The number of esters is 4. The summed E-state index contributed by atoms with van der Waals surface area (Å²) >= 11 is 0. The molecule has 0 radical (unpaired) electrons. The highest BCUT2D eigenvalue weighted by Crippen LogP contribution is 2.58. The van der Waals surface area contributed by atoms with E-state index in [1.165, 1.54) is 24.3 Å². The standard InChI is InChI=1S/C41H59FNO11P/c1-14-50-55(48,27-18-16-15-17-19-27)33(25-20-22-26(42)23-21-25)43-32-31(54-37(47)41(11,12)13)30(53-36(46)40(8,9)10)29(52-35(45)39(5,6)7)28(51-32)24-49-34(44)38(2,3)4/h15-23,28-33,43H,14,24H2,1-13H3/t28-,29+,30+,31-,32-,33+,55?/m1/s1. The topological polar surface area (TPSA) is 153 Å². The van der Waals surface area contributed by atoms with Gasteiger partial charge in [-0.15, -0.1) is 0 Å². The van der Waals surface area contributed by atoms with Crippen LogP contribution in [0.15, 0.2) is 54.6 Å². The maximum atomic E-state index is 15.3. The summed E-state index contributed by atoms with van der Waals surface area (Å²) in [5.74, 6) is -4.57. The lowest BCUT2D eigenvalue weighted by Gasteiger charge is -2.47. The third-order valence-electron chi connectivity index (χ3n) is 8.48. The molecule has 1 unspecified atom stereocenters. The lowest BCUT2D eigenvalue weighted by molar-refractivity contribution is -0.265. The van der Waals surface area contributed by atoms with E-state index in [4.69, 9.17) is 28.2 Å². The minimum absolute atomic E-state index is 0.0154. The van der Waals surface area contributed by atoms with Crippen LogP contribution in [0.4, 0.5) is 4.39 Å². The lowest BCUT2D eigenvalue weighted by atomic mass is 9.92. The van der Waals surface area contributed by atoms with Crippen molar-refractivity contribution >= 4 is 36.6 Å². The van der Waals surface area contributed by atoms with Crippen molar-refractivity contribution in [2.45, 2.75) is 126 Å². The molecule has 3 rings (SSSR count). The number of benzene rings is 2. The van der Waals surface area contributed by atoms with Gasteiger partial charge in [-0.3, -0.25) is 29.1 Å². The Kier molecular flexibility index (Phi) is 14.7. The summed E-state index contributed by atoms with van der Waals surface area (Å²) in [6.07, 6.45) is -7.39. The summed E-state index contributed by atoms with van der Waals surface area (Å²) in [6.45, 7) is 20.9. The van der Waals surface area contributed by atoms with Crippen LogP contribution >= 0.6 is 7.37 Å². The zero-order chi connectivity index (χ0) is 41.7. The van der Waals surface area contributed by atoms with Crippen molar-refractivity contribution < 1.29 is 56.3 Å². The molecule has 0 saturated carbocycles. The molecule has 0 bridgehead atoms. The Morgan fingerprint density at radius 2 is 1.15 bits per heavy atom. The van der Waals surface area contributed by atoms with Crippen LogP contribution in [-0.4, -0.2) is 67.7 Å². The Morgan fingerprint density at radius 3 is 1.60 bits per heavy atom. The van der Waals surface area contributed by atoms with E-state index in [1.54, 1.807) is 120 Å². The van der Waals surface area contributed by atoms with Crippen LogP contribution in [0.25, 0.3) is 0 Å². The molecule has 12 nitrogen and oxygen atoms in total. The SMILES string of the molecule is CCOP(=O)(c1ccccc1)[C@H](N[C@@H]1O[C@H](COC(=O)C(C)(C)C)[C@H](OC(=O)C(C)(C)C)[C@H](OC(=O)C(C)(C)C)[C@H]1OC(=O)C(C)(C)C)c1ccc(F)cc1. The van der Waals surface area contributed by atoms with E-state index in [9.17, 15) is 23.6 Å². The number of halogens is 1. The van der Waals surface area contributed by atoms with Crippen LogP contribution in [0.1, 0.15) is 101 Å². The highest BCUT2D eigenvalue weighted by molar-refractivity contribution is 7.67. The minimum atomic E-state index is -4.02. The van der Waals surface area contributed by atoms with Gasteiger partial charge in [0.25, 0.3) is 7.37 Å². The number of nitrogens with one attached hydrogen (secondary N) is 1. The molecule has 1 aliphatic rings. The third kappa shape index (κ3) is 11.9. The van der Waals surface area contributed by atoms with Crippen molar-refractivity contribution in [2.75, 3.05) is 13.2 Å². The molecule has 0 spiro atoms. The van der Waals surface area contributed by atoms with E-state index >= 15 is 4.57 Å². The molecule has 1 fully saturated rings. The van der Waals surface area contributed by atoms with Gasteiger partial charge in [0.05, 0.1) is 28.3 Å². The first-order valence-corrected chi connectivity index (χ1v) is 20.2. The molecule has 1 saturated heterocycles. The first-order chi connectivity index (χ1) is 25.2. The molecule has 2 aromatic carbocycles. The van der Waals surface area contributed by atoms with E-state index in [-0.39, 0.29) is 6.61 Å². The average molecular weight is 792 g/mol. The third-order valence-corrected chi connectivity index (χ3v) is 11.3. The van der Waals surface area contributed by atoms with Gasteiger partial charge in [-0.25, -0.2) is 4.39 Å². The van der Waals surface area contributed by atoms with Crippen LogP contribution in [-0.2, 0) is 52.0 Å². The molecule has 2 aromatic rings. The van der Waals surface area contributed by atoms with Gasteiger partial charge in [-0.05, 0) is 120 Å². The molecule has 306 valence electrons. The van der Waals surface area contributed by atoms with Crippen LogP contribution in [0, 0.1) is 27.5 Å². The maximum absolute atomic E-state index is 15.3. The van der Waals surface area contributed by atoms with Crippen LogP contribution in [0.3, 0.4) is 0 Å². The fourth-order valence-electron chi connectivity index (χ4n) is 5.18. The van der Waals surface area contributed by atoms with Crippen molar-refractivity contribution in [2.24, 2.45) is 21.7 Å². The normalized spacial score (nSPS) is 22.5. The fraction of sp³-hybridized carbons (Fsp3) is 0.610. The minimum Gasteiger partial charge on any atom is -0.462 e. The molecule has 0 aromatic heterocycles. The van der Waals surface area contributed by atoms with Crippen molar-refractivity contribution in [3.05, 3.63) is 66.0 Å². The number of ether oxygens (including phenoxy) is 5. The molecule has 55 heavy (non-hydrogen) atoms. The van der Waals surface area contributed by atoms with Gasteiger partial charge in [0.2, 0.25) is 0 Å². The zero-order valence-corrected chi connectivity index (χ0v) is 35.3. The van der Waals surface area contributed by atoms with E-state index in [0.717, 1.165) is 0 Å². The molecule has 1 heterocycles. The van der Waals surface area contributed by atoms with Gasteiger partial charge in [0, 0.05) is 5.30 Å². The maximum Gasteiger partial charge on any atom is 0.311 e. The van der Waals surface area contributed by atoms with Gasteiger partial charge in [-0.2, -0.15) is 0 Å². The summed E-state index contributed by atoms with van der Waals surface area (Å²) in [4.78, 5) is 54.2. The van der Waals surface area contributed by atoms with Crippen molar-refractivity contribution in [3.63, 3.8) is 0 Å². The predicted octanol–water partition coefficient (Wildman–Crippen LogP) is 7.24. The first kappa shape index (κ1) is 45.7. The number of carbonyl (C=O) groups excluding carboxylic acids is 4. The molecule has 1 N–H and O–H groups in total. The first-order valence-electron chi connectivity index (χ1n) is 18.5. The van der Waals surface area contributed by atoms with E-state index < -0.39 is 102 Å². The highest BCUT2D eigenvalue weighted by atomic mass is 31.2. The summed E-state index contributed by atoms with van der Waals surface area (Å²) in [5, 5.41) is 3.55. The largest absolute Gasteiger partial charge is 0.462 e. The van der Waals surface area contributed by atoms with Gasteiger partial charge in [-0.1, -0.05) is 30.3 Å². The van der Waals surface area contributed by atoms with E-state index in [1.807, 2.05) is 0 Å². The second kappa shape index (κ2) is 17.7. The molecule has 7 atom stereocenters. The van der Waals surface area contributed by atoms with Gasteiger partial charge < -0.3 is 28.2 Å². The summed E-state index contributed by atoms with van der Waals surface area (Å²) in [6, 6.07) is 13.7. The predicted molar refractivity (Wildman–Crippen MR) is 205 cm³/mol. The molecule has 1 aliphatic heterocycles. The molecule has 14 heteroatoms. The highest BCUT2D eigenvalue weighted by Gasteiger charge is 2.56. The number of carbonyl (C=O) groups is 4. The average Bonchev–Trinajstić information content (AvgIpc) is 3.07. The van der Waals surface area contributed by atoms with Crippen LogP contribution in [0.2, 0.25) is 0 Å². The van der Waals surface area contributed by atoms with E-state index in [2.05, 4.69) is 5.32 Å². The van der Waals surface area contributed by atoms with Crippen molar-refractivity contribution in [3.8, 4) is 0 Å². The van der Waals surface area contributed by atoms with Crippen LogP contribution < -0.4 is 10.6 Å². The zero-order valence-electron chi connectivity index (χ0n) is 34.4. The van der Waals surface area contributed by atoms with Gasteiger partial charge in [0.15, 0.2) is 24.5 Å². The Bertz CT molecular complexity index is 1690. The lowest BCUT2D eigenvalue weighted by Crippen LogP contribution is -2.67. The molecule has 0 aliphatic carbocycles. The van der Waals surface area contributed by atoms with Crippen molar-refractivity contribution in [1.82, 2.24) is 5.32 Å². The van der Waals surface area contributed by atoms with Gasteiger partial charge >= 0.3 is 23.9 Å². The fourth-order valence-corrected chi connectivity index (χ4v) is 7.66. The quantitative estimate of drug-likeness (QED) is 0.131. The number of hydrogen-bond donors (Lipinski definition) is 1.